The fraction of sp³-hybridized carbons (Fsp3) is 0.500. The smallest absolute Gasteiger partial charge is 0.0716 e. The summed E-state index contributed by atoms with van der Waals surface area (Å²) < 4.78 is 5.68. The molecule has 1 aliphatic rings. The Labute approximate surface area is 129 Å². The first kappa shape index (κ1) is 16.0. The van der Waals surface area contributed by atoms with E-state index in [-0.39, 0.29) is 0 Å². The van der Waals surface area contributed by atoms with Gasteiger partial charge in [0.2, 0.25) is 0 Å². The van der Waals surface area contributed by atoms with Crippen molar-refractivity contribution in [2.24, 2.45) is 5.92 Å². The Morgan fingerprint density at radius 2 is 1.76 bits per heavy atom. The summed E-state index contributed by atoms with van der Waals surface area (Å²) >= 11 is 0. The van der Waals surface area contributed by atoms with E-state index in [0.717, 1.165) is 37.9 Å². The van der Waals surface area contributed by atoms with Crippen LogP contribution in [0, 0.1) is 5.92 Å². The number of benzene rings is 1. The van der Waals surface area contributed by atoms with Crippen molar-refractivity contribution < 1.29 is 4.74 Å². The molecule has 21 heavy (non-hydrogen) atoms. The van der Waals surface area contributed by atoms with E-state index in [1.807, 2.05) is 6.08 Å². The van der Waals surface area contributed by atoms with E-state index in [2.05, 4.69) is 43.5 Å². The Morgan fingerprint density at radius 1 is 1.05 bits per heavy atom. The van der Waals surface area contributed by atoms with Crippen molar-refractivity contribution >= 4 is 0 Å². The van der Waals surface area contributed by atoms with E-state index in [4.69, 9.17) is 4.74 Å². The topological polar surface area (TPSA) is 9.23 Å². The maximum atomic E-state index is 5.68. The molecule has 1 aliphatic carbocycles. The Hall–Kier alpha value is -1.34. The van der Waals surface area contributed by atoms with Crippen molar-refractivity contribution in [3.63, 3.8) is 0 Å². The third kappa shape index (κ3) is 5.17. The predicted octanol–water partition coefficient (Wildman–Crippen LogP) is 5.63. The first-order chi connectivity index (χ1) is 10.3. The highest BCUT2D eigenvalue weighted by Gasteiger charge is 2.20. The second-order valence-corrected chi connectivity index (χ2v) is 6.07. The van der Waals surface area contributed by atoms with Crippen molar-refractivity contribution in [2.75, 3.05) is 6.61 Å². The Kier molecular flexibility index (Phi) is 6.75. The summed E-state index contributed by atoms with van der Waals surface area (Å²) in [5, 5.41) is 0. The monoisotopic (exact) mass is 284 g/mol. The SMILES string of the molecule is C=CCCCOCc1ccc(C2CCC(C=C)CC2)cc1. The molecule has 0 heterocycles. The molecule has 114 valence electrons. The first-order valence-electron chi connectivity index (χ1n) is 8.23. The first-order valence-corrected chi connectivity index (χ1v) is 8.23. The van der Waals surface area contributed by atoms with E-state index >= 15 is 0 Å². The minimum absolute atomic E-state index is 0.723. The van der Waals surface area contributed by atoms with Crippen LogP contribution in [0.3, 0.4) is 0 Å². The second-order valence-electron chi connectivity index (χ2n) is 6.07. The minimum Gasteiger partial charge on any atom is -0.377 e. The lowest BCUT2D eigenvalue weighted by Crippen LogP contribution is -2.11. The summed E-state index contributed by atoms with van der Waals surface area (Å²) in [5.74, 6) is 1.48. The molecular weight excluding hydrogens is 256 g/mol. The average molecular weight is 284 g/mol. The molecule has 0 atom stereocenters. The van der Waals surface area contributed by atoms with Crippen LogP contribution in [0.2, 0.25) is 0 Å². The molecule has 2 rings (SSSR count). The van der Waals surface area contributed by atoms with Gasteiger partial charge in [-0.2, -0.15) is 0 Å². The molecule has 0 aliphatic heterocycles. The Morgan fingerprint density at radius 3 is 2.38 bits per heavy atom. The second kappa shape index (κ2) is 8.84. The van der Waals surface area contributed by atoms with Gasteiger partial charge in [0, 0.05) is 6.61 Å². The summed E-state index contributed by atoms with van der Waals surface area (Å²) in [6.07, 6.45) is 11.4. The van der Waals surface area contributed by atoms with Crippen LogP contribution in [0.5, 0.6) is 0 Å². The third-order valence-corrected chi connectivity index (χ3v) is 4.52. The number of ether oxygens (including phenoxy) is 1. The molecule has 1 fully saturated rings. The maximum Gasteiger partial charge on any atom is 0.0716 e. The van der Waals surface area contributed by atoms with Gasteiger partial charge in [-0.1, -0.05) is 36.4 Å². The standard InChI is InChI=1S/C20H28O/c1-3-5-6-15-21-16-18-9-13-20(14-10-18)19-11-7-17(4-2)8-12-19/h3-4,9-10,13-14,17,19H,1-2,5-8,11-12,15-16H2. The zero-order chi connectivity index (χ0) is 14.9. The van der Waals surface area contributed by atoms with Crippen LogP contribution < -0.4 is 0 Å². The van der Waals surface area contributed by atoms with E-state index in [1.54, 1.807) is 0 Å². The molecule has 0 bridgehead atoms. The van der Waals surface area contributed by atoms with Gasteiger partial charge in [-0.25, -0.2) is 0 Å². The van der Waals surface area contributed by atoms with Crippen LogP contribution >= 0.6 is 0 Å². The molecule has 1 heteroatoms. The molecule has 0 radical (unpaired) electrons. The van der Waals surface area contributed by atoms with Crippen molar-refractivity contribution in [2.45, 2.75) is 51.0 Å². The number of unbranched alkanes of at least 4 members (excludes halogenated alkanes) is 1. The van der Waals surface area contributed by atoms with E-state index < -0.39 is 0 Å². The lowest BCUT2D eigenvalue weighted by atomic mass is 9.79. The third-order valence-electron chi connectivity index (χ3n) is 4.52. The number of rotatable bonds is 8. The van der Waals surface area contributed by atoms with Gasteiger partial charge in [0.1, 0.15) is 0 Å². The summed E-state index contributed by atoms with van der Waals surface area (Å²) in [5.41, 5.74) is 2.77. The molecule has 0 aromatic heterocycles. The summed E-state index contributed by atoms with van der Waals surface area (Å²) in [4.78, 5) is 0. The van der Waals surface area contributed by atoms with Gasteiger partial charge in [0.15, 0.2) is 0 Å². The normalized spacial score (nSPS) is 21.9. The minimum atomic E-state index is 0.723. The zero-order valence-electron chi connectivity index (χ0n) is 13.1. The highest BCUT2D eigenvalue weighted by atomic mass is 16.5. The van der Waals surface area contributed by atoms with Gasteiger partial charge in [-0.3, -0.25) is 0 Å². The predicted molar refractivity (Wildman–Crippen MR) is 90.4 cm³/mol. The average Bonchev–Trinajstić information content (AvgIpc) is 2.55. The van der Waals surface area contributed by atoms with Gasteiger partial charge in [0.05, 0.1) is 6.61 Å². The highest BCUT2D eigenvalue weighted by molar-refractivity contribution is 5.25. The van der Waals surface area contributed by atoms with E-state index in [0.29, 0.717) is 0 Å². The lowest BCUT2D eigenvalue weighted by Gasteiger charge is -2.27. The molecule has 1 aromatic rings. The molecule has 1 aromatic carbocycles. The molecule has 1 saturated carbocycles. The summed E-state index contributed by atoms with van der Waals surface area (Å²) in [6, 6.07) is 9.04. The van der Waals surface area contributed by atoms with Crippen LogP contribution in [-0.2, 0) is 11.3 Å². The largest absolute Gasteiger partial charge is 0.377 e. The zero-order valence-corrected chi connectivity index (χ0v) is 13.1. The fourth-order valence-corrected chi connectivity index (χ4v) is 3.09. The summed E-state index contributed by atoms with van der Waals surface area (Å²) in [7, 11) is 0. The van der Waals surface area contributed by atoms with E-state index in [9.17, 15) is 0 Å². The van der Waals surface area contributed by atoms with Crippen molar-refractivity contribution in [3.8, 4) is 0 Å². The Bertz CT molecular complexity index is 424. The molecular formula is C20H28O. The quantitative estimate of drug-likeness (QED) is 0.444. The lowest BCUT2D eigenvalue weighted by molar-refractivity contribution is 0.119. The van der Waals surface area contributed by atoms with Crippen molar-refractivity contribution in [3.05, 3.63) is 60.7 Å². The maximum absolute atomic E-state index is 5.68. The van der Waals surface area contributed by atoms with Crippen LogP contribution in [0.25, 0.3) is 0 Å². The number of allylic oxidation sites excluding steroid dienone is 2. The molecule has 0 saturated heterocycles. The van der Waals surface area contributed by atoms with Gasteiger partial charge >= 0.3 is 0 Å². The molecule has 0 amide bonds. The van der Waals surface area contributed by atoms with Crippen molar-refractivity contribution in [1.29, 1.82) is 0 Å². The van der Waals surface area contributed by atoms with Crippen LogP contribution in [0.15, 0.2) is 49.6 Å². The van der Waals surface area contributed by atoms with Gasteiger partial charge in [-0.15, -0.1) is 13.2 Å². The molecule has 0 N–H and O–H groups in total. The van der Waals surface area contributed by atoms with Gasteiger partial charge in [-0.05, 0) is 61.5 Å². The Balaban J connectivity index is 1.76. The van der Waals surface area contributed by atoms with Crippen molar-refractivity contribution in [1.82, 2.24) is 0 Å². The van der Waals surface area contributed by atoms with E-state index in [1.165, 1.54) is 36.8 Å². The highest BCUT2D eigenvalue weighted by Crippen LogP contribution is 2.36. The van der Waals surface area contributed by atoms with Crippen LogP contribution in [-0.4, -0.2) is 6.61 Å². The van der Waals surface area contributed by atoms with Crippen LogP contribution in [0.4, 0.5) is 0 Å². The molecule has 0 spiro atoms. The summed E-state index contributed by atoms with van der Waals surface area (Å²) in [6.45, 7) is 9.18. The fourth-order valence-electron chi connectivity index (χ4n) is 3.09. The van der Waals surface area contributed by atoms with Gasteiger partial charge in [0.25, 0.3) is 0 Å². The molecule has 1 nitrogen and oxygen atoms in total. The van der Waals surface area contributed by atoms with Gasteiger partial charge < -0.3 is 4.74 Å². The number of hydrogen-bond donors (Lipinski definition) is 0. The number of hydrogen-bond acceptors (Lipinski definition) is 1. The van der Waals surface area contributed by atoms with Crippen LogP contribution in [0.1, 0.15) is 55.6 Å². The molecule has 0 unspecified atom stereocenters.